The summed E-state index contributed by atoms with van der Waals surface area (Å²) >= 11 is 0. The molecule has 4 N–H and O–H groups in total. The number of rotatable bonds is 2. The predicted octanol–water partition coefficient (Wildman–Crippen LogP) is 1.80. The number of H-pyrrole nitrogens is 1. The molecule has 0 aromatic carbocycles. The number of hydrogen-bond donors (Lipinski definition) is 3. The molecule has 7 nitrogen and oxygen atoms in total. The number of aromatic amines is 1. The Hall–Kier alpha value is -1.89. The largest absolute Gasteiger partial charge is 0.353 e. The van der Waals surface area contributed by atoms with Gasteiger partial charge in [-0.05, 0) is 31.6 Å². The fourth-order valence-electron chi connectivity index (χ4n) is 3.99. The molecule has 0 radical (unpaired) electrons. The van der Waals surface area contributed by atoms with Crippen LogP contribution in [0.25, 0.3) is 11.0 Å². The molecule has 0 spiro atoms. The van der Waals surface area contributed by atoms with E-state index in [0.717, 1.165) is 29.3 Å². The molecule has 0 bridgehead atoms. The molecule has 0 unspecified atom stereocenters. The van der Waals surface area contributed by atoms with Gasteiger partial charge in [-0.1, -0.05) is 12.8 Å². The summed E-state index contributed by atoms with van der Waals surface area (Å²) < 4.78 is 0. The first-order valence-electron chi connectivity index (χ1n) is 7.81. The first-order chi connectivity index (χ1) is 10.4. The maximum atomic E-state index is 5.51. The van der Waals surface area contributed by atoms with Crippen molar-refractivity contribution in [3.63, 3.8) is 0 Å². The molecule has 1 saturated carbocycles. The van der Waals surface area contributed by atoms with Gasteiger partial charge in [0.15, 0.2) is 5.65 Å². The molecule has 7 heteroatoms. The lowest BCUT2D eigenvalue weighted by Crippen LogP contribution is -2.47. The highest BCUT2D eigenvalue weighted by Gasteiger charge is 2.35. The molecule has 1 saturated heterocycles. The van der Waals surface area contributed by atoms with Crippen molar-refractivity contribution in [2.75, 3.05) is 16.9 Å². The smallest absolute Gasteiger partial charge is 0.241 e. The predicted molar refractivity (Wildman–Crippen MR) is 81.8 cm³/mol. The van der Waals surface area contributed by atoms with Crippen LogP contribution in [0.15, 0.2) is 6.20 Å². The van der Waals surface area contributed by atoms with Crippen molar-refractivity contribution >= 4 is 22.8 Å². The molecule has 2 aliphatic rings. The van der Waals surface area contributed by atoms with Gasteiger partial charge in [0, 0.05) is 12.6 Å². The van der Waals surface area contributed by atoms with Crippen LogP contribution in [0.5, 0.6) is 0 Å². The minimum absolute atomic E-state index is 0.444. The number of nitrogens with two attached hydrogens (primary N) is 1. The van der Waals surface area contributed by atoms with E-state index in [-0.39, 0.29) is 0 Å². The number of nitrogens with one attached hydrogen (secondary N) is 2. The van der Waals surface area contributed by atoms with E-state index in [0.29, 0.717) is 12.0 Å². The molecular weight excluding hydrogens is 266 g/mol. The summed E-state index contributed by atoms with van der Waals surface area (Å²) in [4.78, 5) is 11.4. The minimum atomic E-state index is 0.444. The summed E-state index contributed by atoms with van der Waals surface area (Å²) in [5.41, 5.74) is 3.31. The van der Waals surface area contributed by atoms with Gasteiger partial charge < -0.3 is 4.90 Å². The zero-order chi connectivity index (χ0) is 14.2. The SMILES string of the molecule is NNc1nc(N2CCC[C@H]3CCCC[C@H]32)c2cn[nH]c2n1. The Bertz CT molecular complexity index is 635. The fourth-order valence-corrected chi connectivity index (χ4v) is 3.99. The number of piperidine rings is 1. The van der Waals surface area contributed by atoms with E-state index >= 15 is 0 Å². The molecule has 112 valence electrons. The Morgan fingerprint density at radius 2 is 2.05 bits per heavy atom. The third-order valence-electron chi connectivity index (χ3n) is 4.93. The van der Waals surface area contributed by atoms with Gasteiger partial charge in [-0.3, -0.25) is 10.5 Å². The number of hydrazine groups is 1. The lowest BCUT2D eigenvalue weighted by atomic mass is 9.78. The lowest BCUT2D eigenvalue weighted by molar-refractivity contribution is 0.243. The Morgan fingerprint density at radius 1 is 1.19 bits per heavy atom. The Labute approximate surface area is 123 Å². The van der Waals surface area contributed by atoms with E-state index in [4.69, 9.17) is 5.84 Å². The number of anilines is 2. The van der Waals surface area contributed by atoms with Crippen molar-refractivity contribution < 1.29 is 0 Å². The number of nitrogens with zero attached hydrogens (tertiary/aromatic N) is 4. The van der Waals surface area contributed by atoms with Crippen molar-refractivity contribution in [3.8, 4) is 0 Å². The quantitative estimate of drug-likeness (QED) is 0.576. The zero-order valence-electron chi connectivity index (χ0n) is 12.0. The second-order valence-electron chi connectivity index (χ2n) is 6.09. The number of hydrogen-bond acceptors (Lipinski definition) is 6. The Balaban J connectivity index is 1.78. The van der Waals surface area contributed by atoms with E-state index in [2.05, 4.69) is 30.5 Å². The van der Waals surface area contributed by atoms with Gasteiger partial charge in [0.05, 0.1) is 11.6 Å². The molecule has 1 aliphatic carbocycles. The highest BCUT2D eigenvalue weighted by Crippen LogP contribution is 2.38. The van der Waals surface area contributed by atoms with Crippen LogP contribution in [0.2, 0.25) is 0 Å². The van der Waals surface area contributed by atoms with Crippen LogP contribution < -0.4 is 16.2 Å². The molecular formula is C14H21N7. The summed E-state index contributed by atoms with van der Waals surface area (Å²) in [5, 5.41) is 8.02. The number of aromatic nitrogens is 4. The molecule has 2 atom stereocenters. The third kappa shape index (κ3) is 2.12. The second kappa shape index (κ2) is 5.14. The normalized spacial score (nSPS) is 25.9. The second-order valence-corrected chi connectivity index (χ2v) is 6.09. The molecule has 3 heterocycles. The first kappa shape index (κ1) is 12.8. The molecule has 0 amide bonds. The van der Waals surface area contributed by atoms with Crippen LogP contribution in [0.3, 0.4) is 0 Å². The Morgan fingerprint density at radius 3 is 2.95 bits per heavy atom. The average Bonchev–Trinajstić information content (AvgIpc) is 3.02. The summed E-state index contributed by atoms with van der Waals surface area (Å²) in [7, 11) is 0. The van der Waals surface area contributed by atoms with E-state index in [1.54, 1.807) is 0 Å². The van der Waals surface area contributed by atoms with Crippen molar-refractivity contribution in [2.45, 2.75) is 44.6 Å². The van der Waals surface area contributed by atoms with E-state index < -0.39 is 0 Å². The van der Waals surface area contributed by atoms with Gasteiger partial charge in [0.1, 0.15) is 5.82 Å². The highest BCUT2D eigenvalue weighted by atomic mass is 15.3. The van der Waals surface area contributed by atoms with Crippen LogP contribution in [-0.4, -0.2) is 32.8 Å². The zero-order valence-corrected chi connectivity index (χ0v) is 12.0. The number of nitrogen functional groups attached to an aromatic ring is 1. The molecule has 4 rings (SSSR count). The van der Waals surface area contributed by atoms with Crippen molar-refractivity contribution in [1.29, 1.82) is 0 Å². The first-order valence-corrected chi connectivity index (χ1v) is 7.81. The summed E-state index contributed by atoms with van der Waals surface area (Å²) in [5.74, 6) is 7.73. The van der Waals surface area contributed by atoms with Crippen LogP contribution in [0.4, 0.5) is 11.8 Å². The van der Waals surface area contributed by atoms with Gasteiger partial charge in [0.2, 0.25) is 5.95 Å². The highest BCUT2D eigenvalue weighted by molar-refractivity contribution is 5.87. The standard InChI is InChI=1S/C14H21N7/c15-19-14-17-12-10(8-16-20-12)13(18-14)21-7-3-5-9-4-1-2-6-11(9)21/h8-9,11H,1-7,15H2,(H2,16,17,18,19,20)/t9-,11-/m1/s1. The summed E-state index contributed by atoms with van der Waals surface area (Å²) in [6.07, 6.45) is 9.70. The maximum Gasteiger partial charge on any atom is 0.241 e. The molecule has 21 heavy (non-hydrogen) atoms. The van der Waals surface area contributed by atoms with E-state index in [9.17, 15) is 0 Å². The van der Waals surface area contributed by atoms with Crippen LogP contribution in [-0.2, 0) is 0 Å². The van der Waals surface area contributed by atoms with Gasteiger partial charge in [-0.25, -0.2) is 5.84 Å². The van der Waals surface area contributed by atoms with Gasteiger partial charge in [-0.15, -0.1) is 0 Å². The van der Waals surface area contributed by atoms with Crippen molar-refractivity contribution in [3.05, 3.63) is 6.20 Å². The fraction of sp³-hybridized carbons (Fsp3) is 0.643. The van der Waals surface area contributed by atoms with Gasteiger partial charge >= 0.3 is 0 Å². The summed E-state index contributed by atoms with van der Waals surface area (Å²) in [6, 6.07) is 0.603. The topological polar surface area (TPSA) is 95.7 Å². The van der Waals surface area contributed by atoms with Gasteiger partial charge in [0.25, 0.3) is 0 Å². The van der Waals surface area contributed by atoms with Crippen LogP contribution in [0, 0.1) is 5.92 Å². The van der Waals surface area contributed by atoms with Crippen molar-refractivity contribution in [1.82, 2.24) is 20.2 Å². The van der Waals surface area contributed by atoms with Crippen molar-refractivity contribution in [2.24, 2.45) is 11.8 Å². The maximum absolute atomic E-state index is 5.51. The van der Waals surface area contributed by atoms with Gasteiger partial charge in [-0.2, -0.15) is 15.1 Å². The summed E-state index contributed by atoms with van der Waals surface area (Å²) in [6.45, 7) is 1.06. The third-order valence-corrected chi connectivity index (χ3v) is 4.93. The van der Waals surface area contributed by atoms with E-state index in [1.165, 1.54) is 38.5 Å². The minimum Gasteiger partial charge on any atom is -0.353 e. The average molecular weight is 287 g/mol. The number of fused-ring (bicyclic) bond motifs is 2. The Kier molecular flexibility index (Phi) is 3.14. The molecule has 2 aromatic rings. The van der Waals surface area contributed by atoms with E-state index in [1.807, 2.05) is 6.20 Å². The molecule has 2 aromatic heterocycles. The molecule has 1 aliphatic heterocycles. The molecule has 2 fully saturated rings. The monoisotopic (exact) mass is 287 g/mol. The van der Waals surface area contributed by atoms with Crippen LogP contribution in [0.1, 0.15) is 38.5 Å². The lowest BCUT2D eigenvalue weighted by Gasteiger charge is -2.44. The van der Waals surface area contributed by atoms with Crippen LogP contribution >= 0.6 is 0 Å².